The van der Waals surface area contributed by atoms with Crippen molar-refractivity contribution in [3.8, 4) is 23.0 Å². The molecule has 1 amide bonds. The van der Waals surface area contributed by atoms with Gasteiger partial charge in [0, 0.05) is 0 Å². The molecule has 0 radical (unpaired) electrons. The molecule has 7 heteroatoms. The lowest BCUT2D eigenvalue weighted by Crippen LogP contribution is -2.19. The molecule has 0 heterocycles. The number of methoxy groups -OCH3 is 3. The molecule has 0 unspecified atom stereocenters. The van der Waals surface area contributed by atoms with E-state index in [1.807, 2.05) is 42.5 Å². The molecule has 0 saturated heterocycles. The summed E-state index contributed by atoms with van der Waals surface area (Å²) in [6.07, 6.45) is 1.71. The smallest absolute Gasteiger partial charge is 0.244 e. The van der Waals surface area contributed by atoms with Gasteiger partial charge in [-0.25, -0.2) is 5.43 Å². The minimum absolute atomic E-state index is 0.155. The molecule has 0 atom stereocenters. The Morgan fingerprint density at radius 1 is 0.806 bits per heavy atom. The van der Waals surface area contributed by atoms with Crippen LogP contribution in [-0.4, -0.2) is 33.5 Å². The minimum atomic E-state index is -0.250. The zero-order valence-electron chi connectivity index (χ0n) is 20.5. The molecule has 4 rings (SSSR count). The van der Waals surface area contributed by atoms with E-state index in [1.165, 1.54) is 5.39 Å². The SMILES string of the molecule is COc1ccc(CC(=O)N/N=C/c2ccc(OCc3cccc4ccccc34)c(OC)c2)cc1OC. The number of carbonyl (C=O) groups excluding carboxylic acids is 1. The van der Waals surface area contributed by atoms with Crippen molar-refractivity contribution in [1.29, 1.82) is 0 Å². The number of rotatable bonds is 10. The Hall–Kier alpha value is -4.52. The Balaban J connectivity index is 1.37. The summed E-state index contributed by atoms with van der Waals surface area (Å²) in [5, 5.41) is 6.40. The van der Waals surface area contributed by atoms with E-state index in [2.05, 4.69) is 34.8 Å². The summed E-state index contributed by atoms with van der Waals surface area (Å²) < 4.78 is 22.1. The number of fused-ring (bicyclic) bond motifs is 1. The molecular weight excluding hydrogens is 456 g/mol. The average Bonchev–Trinajstić information content (AvgIpc) is 2.92. The third-order valence-electron chi connectivity index (χ3n) is 5.67. The Morgan fingerprint density at radius 3 is 2.33 bits per heavy atom. The maximum absolute atomic E-state index is 12.3. The lowest BCUT2D eigenvalue weighted by atomic mass is 10.1. The molecular formula is C29H28N2O5. The van der Waals surface area contributed by atoms with Crippen LogP contribution < -0.4 is 24.4 Å². The first kappa shape index (κ1) is 24.6. The number of nitrogens with zero attached hydrogens (tertiary/aromatic N) is 1. The van der Waals surface area contributed by atoms with Crippen LogP contribution in [0.2, 0.25) is 0 Å². The van der Waals surface area contributed by atoms with E-state index in [-0.39, 0.29) is 12.3 Å². The maximum Gasteiger partial charge on any atom is 0.244 e. The van der Waals surface area contributed by atoms with Crippen molar-refractivity contribution in [3.63, 3.8) is 0 Å². The summed E-state index contributed by atoms with van der Waals surface area (Å²) in [6, 6.07) is 25.2. The number of hydrogen-bond acceptors (Lipinski definition) is 6. The van der Waals surface area contributed by atoms with E-state index >= 15 is 0 Å². The van der Waals surface area contributed by atoms with Gasteiger partial charge in [-0.2, -0.15) is 5.10 Å². The molecule has 0 aromatic heterocycles. The second-order valence-corrected chi connectivity index (χ2v) is 8.00. The molecule has 36 heavy (non-hydrogen) atoms. The molecule has 4 aromatic carbocycles. The van der Waals surface area contributed by atoms with Crippen molar-refractivity contribution < 1.29 is 23.7 Å². The summed E-state index contributed by atoms with van der Waals surface area (Å²) in [6.45, 7) is 0.414. The first-order chi connectivity index (χ1) is 17.6. The first-order valence-electron chi connectivity index (χ1n) is 11.4. The van der Waals surface area contributed by atoms with Crippen LogP contribution >= 0.6 is 0 Å². The minimum Gasteiger partial charge on any atom is -0.493 e. The van der Waals surface area contributed by atoms with Crippen LogP contribution in [0.1, 0.15) is 16.7 Å². The molecule has 0 aliphatic rings. The molecule has 0 spiro atoms. The Labute approximate surface area is 210 Å². The molecule has 7 nitrogen and oxygen atoms in total. The number of hydrazone groups is 1. The molecule has 0 saturated carbocycles. The topological polar surface area (TPSA) is 78.4 Å². The highest BCUT2D eigenvalue weighted by Crippen LogP contribution is 2.30. The Bertz CT molecular complexity index is 1380. The number of amides is 1. The Morgan fingerprint density at radius 2 is 1.53 bits per heavy atom. The highest BCUT2D eigenvalue weighted by atomic mass is 16.5. The standard InChI is InChI=1S/C29H28N2O5/c1-33-25-13-11-20(15-27(25)34-2)17-29(32)31-30-18-21-12-14-26(28(16-21)35-3)36-19-23-9-6-8-22-7-4-5-10-24(22)23/h4-16,18H,17,19H2,1-3H3,(H,31,32)/b30-18+. The van der Waals surface area contributed by atoms with Crippen LogP contribution in [0, 0.1) is 0 Å². The average molecular weight is 485 g/mol. The van der Waals surface area contributed by atoms with Gasteiger partial charge in [-0.1, -0.05) is 48.5 Å². The van der Waals surface area contributed by atoms with Gasteiger partial charge in [0.15, 0.2) is 23.0 Å². The molecule has 0 bridgehead atoms. The van der Waals surface area contributed by atoms with E-state index in [4.69, 9.17) is 18.9 Å². The van der Waals surface area contributed by atoms with Gasteiger partial charge in [0.25, 0.3) is 0 Å². The monoisotopic (exact) mass is 484 g/mol. The van der Waals surface area contributed by atoms with Crippen molar-refractivity contribution in [2.45, 2.75) is 13.0 Å². The van der Waals surface area contributed by atoms with Crippen molar-refractivity contribution in [2.24, 2.45) is 5.10 Å². The largest absolute Gasteiger partial charge is 0.493 e. The summed E-state index contributed by atoms with van der Waals surface area (Å²) in [5.41, 5.74) is 5.19. The predicted molar refractivity (Wildman–Crippen MR) is 140 cm³/mol. The summed E-state index contributed by atoms with van der Waals surface area (Å²) in [7, 11) is 4.71. The fourth-order valence-electron chi connectivity index (χ4n) is 3.85. The van der Waals surface area contributed by atoms with E-state index in [9.17, 15) is 4.79 Å². The van der Waals surface area contributed by atoms with Crippen LogP contribution in [0.5, 0.6) is 23.0 Å². The van der Waals surface area contributed by atoms with Crippen molar-refractivity contribution in [2.75, 3.05) is 21.3 Å². The number of hydrogen-bond donors (Lipinski definition) is 1. The van der Waals surface area contributed by atoms with E-state index in [0.29, 0.717) is 29.6 Å². The van der Waals surface area contributed by atoms with E-state index in [1.54, 1.807) is 39.7 Å². The van der Waals surface area contributed by atoms with Crippen LogP contribution in [0.4, 0.5) is 0 Å². The molecule has 1 N–H and O–H groups in total. The predicted octanol–water partition coefficient (Wildman–Crippen LogP) is 5.14. The van der Waals surface area contributed by atoms with Gasteiger partial charge >= 0.3 is 0 Å². The van der Waals surface area contributed by atoms with Crippen LogP contribution in [0.25, 0.3) is 10.8 Å². The third-order valence-corrected chi connectivity index (χ3v) is 5.67. The summed E-state index contributed by atoms with van der Waals surface area (Å²) in [5.74, 6) is 2.13. The van der Waals surface area contributed by atoms with E-state index < -0.39 is 0 Å². The number of benzene rings is 4. The second kappa shape index (κ2) is 11.8. The van der Waals surface area contributed by atoms with Crippen LogP contribution in [0.15, 0.2) is 84.0 Å². The zero-order chi connectivity index (χ0) is 25.3. The lowest BCUT2D eigenvalue weighted by molar-refractivity contribution is -0.120. The van der Waals surface area contributed by atoms with Gasteiger partial charge in [0.2, 0.25) is 5.91 Å². The molecule has 0 aliphatic carbocycles. The van der Waals surface area contributed by atoms with Gasteiger partial charge in [-0.3, -0.25) is 4.79 Å². The van der Waals surface area contributed by atoms with Gasteiger partial charge in [-0.05, 0) is 57.8 Å². The van der Waals surface area contributed by atoms with Crippen molar-refractivity contribution in [1.82, 2.24) is 5.43 Å². The van der Waals surface area contributed by atoms with Crippen molar-refractivity contribution >= 4 is 22.9 Å². The first-order valence-corrected chi connectivity index (χ1v) is 11.4. The summed E-state index contributed by atoms with van der Waals surface area (Å²) >= 11 is 0. The normalized spacial score (nSPS) is 10.9. The Kier molecular flexibility index (Phi) is 8.03. The highest BCUT2D eigenvalue weighted by Gasteiger charge is 2.09. The number of ether oxygens (including phenoxy) is 4. The van der Waals surface area contributed by atoms with Gasteiger partial charge in [-0.15, -0.1) is 0 Å². The molecule has 0 fully saturated rings. The number of carbonyl (C=O) groups is 1. The quantitative estimate of drug-likeness (QED) is 0.249. The third kappa shape index (κ3) is 5.93. The van der Waals surface area contributed by atoms with Crippen molar-refractivity contribution in [3.05, 3.63) is 95.6 Å². The molecule has 184 valence electrons. The fourth-order valence-corrected chi connectivity index (χ4v) is 3.85. The van der Waals surface area contributed by atoms with Crippen LogP contribution in [-0.2, 0) is 17.8 Å². The highest BCUT2D eigenvalue weighted by molar-refractivity contribution is 5.86. The molecule has 4 aromatic rings. The molecule has 0 aliphatic heterocycles. The van der Waals surface area contributed by atoms with Gasteiger partial charge < -0.3 is 18.9 Å². The van der Waals surface area contributed by atoms with Crippen LogP contribution in [0.3, 0.4) is 0 Å². The van der Waals surface area contributed by atoms with Gasteiger partial charge in [0.05, 0.1) is 34.0 Å². The van der Waals surface area contributed by atoms with Gasteiger partial charge in [0.1, 0.15) is 6.61 Å². The maximum atomic E-state index is 12.3. The number of nitrogens with one attached hydrogen (secondary N) is 1. The lowest BCUT2D eigenvalue weighted by Gasteiger charge is -2.12. The van der Waals surface area contributed by atoms with E-state index in [0.717, 1.165) is 22.1 Å². The second-order valence-electron chi connectivity index (χ2n) is 8.00. The summed E-state index contributed by atoms with van der Waals surface area (Å²) in [4.78, 5) is 12.3. The zero-order valence-corrected chi connectivity index (χ0v) is 20.5. The fraction of sp³-hybridized carbons (Fsp3) is 0.172.